The zero-order valence-electron chi connectivity index (χ0n) is 13.1. The molecule has 2 aliphatic heterocycles. The molecule has 0 amide bonds. The molecule has 2 heterocycles. The Kier molecular flexibility index (Phi) is 7.88. The van der Waals surface area contributed by atoms with Gasteiger partial charge in [0.15, 0.2) is 0 Å². The van der Waals surface area contributed by atoms with E-state index < -0.39 is 0 Å². The van der Waals surface area contributed by atoms with Crippen LogP contribution in [0.5, 0.6) is 0 Å². The summed E-state index contributed by atoms with van der Waals surface area (Å²) >= 11 is 0. The molecule has 4 nitrogen and oxygen atoms in total. The molecule has 0 bridgehead atoms. The van der Waals surface area contributed by atoms with Crippen molar-refractivity contribution in [2.24, 2.45) is 5.92 Å². The minimum absolute atomic E-state index is 0.452. The second-order valence-corrected chi connectivity index (χ2v) is 6.13. The normalized spacial score (nSPS) is 23.2. The third kappa shape index (κ3) is 6.08. The molecule has 0 radical (unpaired) electrons. The Labute approximate surface area is 124 Å². The van der Waals surface area contributed by atoms with Crippen LogP contribution in [0, 0.1) is 5.92 Å². The number of piperidine rings is 2. The van der Waals surface area contributed by atoms with Crippen molar-refractivity contribution in [3.8, 4) is 0 Å². The van der Waals surface area contributed by atoms with Gasteiger partial charge in [-0.1, -0.05) is 13.3 Å². The van der Waals surface area contributed by atoms with Crippen LogP contribution in [-0.4, -0.2) is 63.5 Å². The first-order valence-corrected chi connectivity index (χ1v) is 8.51. The van der Waals surface area contributed by atoms with E-state index in [2.05, 4.69) is 17.1 Å². The molecule has 0 aliphatic carbocycles. The van der Waals surface area contributed by atoms with Crippen molar-refractivity contribution >= 4 is 0 Å². The van der Waals surface area contributed by atoms with Gasteiger partial charge in [-0.25, -0.2) is 0 Å². The SMILES string of the molecule is CCC1CCN(CCOCCOC2CCNCC2)CC1. The maximum Gasteiger partial charge on any atom is 0.0704 e. The number of likely N-dealkylation sites (tertiary alicyclic amines) is 1. The van der Waals surface area contributed by atoms with Gasteiger partial charge < -0.3 is 19.7 Å². The maximum atomic E-state index is 5.82. The van der Waals surface area contributed by atoms with Crippen LogP contribution < -0.4 is 5.32 Å². The predicted molar refractivity (Wildman–Crippen MR) is 82.1 cm³/mol. The lowest BCUT2D eigenvalue weighted by atomic mass is 9.94. The lowest BCUT2D eigenvalue weighted by Crippen LogP contribution is -2.36. The van der Waals surface area contributed by atoms with E-state index in [1.807, 2.05) is 0 Å². The average molecular weight is 284 g/mol. The van der Waals surface area contributed by atoms with Crippen molar-refractivity contribution in [1.82, 2.24) is 10.2 Å². The Morgan fingerprint density at radius 3 is 2.45 bits per heavy atom. The quantitative estimate of drug-likeness (QED) is 0.690. The van der Waals surface area contributed by atoms with Crippen LogP contribution in [0.1, 0.15) is 39.0 Å². The van der Waals surface area contributed by atoms with Crippen molar-refractivity contribution < 1.29 is 9.47 Å². The highest BCUT2D eigenvalue weighted by molar-refractivity contribution is 4.71. The summed E-state index contributed by atoms with van der Waals surface area (Å²) in [6.07, 6.45) is 6.83. The molecule has 20 heavy (non-hydrogen) atoms. The lowest BCUT2D eigenvalue weighted by Gasteiger charge is -2.31. The fourth-order valence-electron chi connectivity index (χ4n) is 3.15. The van der Waals surface area contributed by atoms with Gasteiger partial charge in [-0.05, 0) is 57.8 Å². The van der Waals surface area contributed by atoms with Crippen molar-refractivity contribution in [2.45, 2.75) is 45.1 Å². The van der Waals surface area contributed by atoms with Crippen LogP contribution in [0.2, 0.25) is 0 Å². The van der Waals surface area contributed by atoms with Gasteiger partial charge in [-0.3, -0.25) is 0 Å². The van der Waals surface area contributed by atoms with Gasteiger partial charge in [0.25, 0.3) is 0 Å². The molecule has 2 rings (SSSR count). The van der Waals surface area contributed by atoms with E-state index in [0.717, 1.165) is 58.2 Å². The number of hydrogen-bond donors (Lipinski definition) is 1. The molecular formula is C16H32N2O2. The third-order valence-corrected chi connectivity index (χ3v) is 4.70. The maximum absolute atomic E-state index is 5.82. The molecule has 0 atom stereocenters. The Hall–Kier alpha value is -0.160. The second kappa shape index (κ2) is 9.72. The standard InChI is InChI=1S/C16H32N2O2/c1-2-15-5-9-18(10-6-15)11-12-19-13-14-20-16-3-7-17-8-4-16/h15-17H,2-14H2,1H3. The van der Waals surface area contributed by atoms with Gasteiger partial charge >= 0.3 is 0 Å². The Morgan fingerprint density at radius 2 is 1.75 bits per heavy atom. The van der Waals surface area contributed by atoms with E-state index in [1.165, 1.54) is 32.4 Å². The molecule has 2 saturated heterocycles. The number of nitrogens with zero attached hydrogens (tertiary/aromatic N) is 1. The van der Waals surface area contributed by atoms with Gasteiger partial charge in [-0.2, -0.15) is 0 Å². The van der Waals surface area contributed by atoms with Crippen molar-refractivity contribution in [3.05, 3.63) is 0 Å². The molecule has 0 aromatic heterocycles. The number of nitrogens with one attached hydrogen (secondary N) is 1. The molecule has 0 aromatic carbocycles. The Morgan fingerprint density at radius 1 is 1.00 bits per heavy atom. The lowest BCUT2D eigenvalue weighted by molar-refractivity contribution is -0.0115. The van der Waals surface area contributed by atoms with Crippen molar-refractivity contribution in [3.63, 3.8) is 0 Å². The average Bonchev–Trinajstić information content (AvgIpc) is 2.52. The minimum Gasteiger partial charge on any atom is -0.378 e. The van der Waals surface area contributed by atoms with Gasteiger partial charge in [0.2, 0.25) is 0 Å². The van der Waals surface area contributed by atoms with Crippen LogP contribution >= 0.6 is 0 Å². The minimum atomic E-state index is 0.452. The predicted octanol–water partition coefficient (Wildman–Crippen LogP) is 1.89. The van der Waals surface area contributed by atoms with Crippen LogP contribution in [0.3, 0.4) is 0 Å². The zero-order valence-corrected chi connectivity index (χ0v) is 13.1. The summed E-state index contributed by atoms with van der Waals surface area (Å²) in [5.41, 5.74) is 0. The third-order valence-electron chi connectivity index (χ3n) is 4.70. The summed E-state index contributed by atoms with van der Waals surface area (Å²) in [4.78, 5) is 2.54. The summed E-state index contributed by atoms with van der Waals surface area (Å²) in [6.45, 7) is 10.5. The summed E-state index contributed by atoms with van der Waals surface area (Å²) in [5, 5.41) is 3.35. The molecule has 4 heteroatoms. The molecule has 0 saturated carbocycles. The van der Waals surface area contributed by atoms with Crippen LogP contribution in [-0.2, 0) is 9.47 Å². The molecule has 118 valence electrons. The fourth-order valence-corrected chi connectivity index (χ4v) is 3.15. The van der Waals surface area contributed by atoms with Gasteiger partial charge in [-0.15, -0.1) is 0 Å². The van der Waals surface area contributed by atoms with E-state index in [1.54, 1.807) is 0 Å². The fraction of sp³-hybridized carbons (Fsp3) is 1.00. The largest absolute Gasteiger partial charge is 0.378 e. The number of ether oxygens (including phenoxy) is 2. The van der Waals surface area contributed by atoms with E-state index in [9.17, 15) is 0 Å². The molecule has 0 unspecified atom stereocenters. The van der Waals surface area contributed by atoms with E-state index >= 15 is 0 Å². The first-order chi connectivity index (χ1) is 9.88. The molecular weight excluding hydrogens is 252 g/mol. The summed E-state index contributed by atoms with van der Waals surface area (Å²) in [7, 11) is 0. The number of hydrogen-bond acceptors (Lipinski definition) is 4. The summed E-state index contributed by atoms with van der Waals surface area (Å²) < 4.78 is 11.5. The second-order valence-electron chi connectivity index (χ2n) is 6.13. The smallest absolute Gasteiger partial charge is 0.0704 e. The first kappa shape index (κ1) is 16.2. The van der Waals surface area contributed by atoms with Gasteiger partial charge in [0, 0.05) is 6.54 Å². The monoisotopic (exact) mass is 284 g/mol. The topological polar surface area (TPSA) is 33.7 Å². The van der Waals surface area contributed by atoms with E-state index in [4.69, 9.17) is 9.47 Å². The van der Waals surface area contributed by atoms with Crippen LogP contribution in [0.25, 0.3) is 0 Å². The Balaban J connectivity index is 1.40. The zero-order chi connectivity index (χ0) is 14.0. The Bertz CT molecular complexity index is 237. The van der Waals surface area contributed by atoms with Crippen molar-refractivity contribution in [1.29, 1.82) is 0 Å². The molecule has 2 aliphatic rings. The highest BCUT2D eigenvalue weighted by Gasteiger charge is 2.17. The molecule has 1 N–H and O–H groups in total. The summed E-state index contributed by atoms with van der Waals surface area (Å²) in [6, 6.07) is 0. The van der Waals surface area contributed by atoms with E-state index in [0.29, 0.717) is 6.10 Å². The van der Waals surface area contributed by atoms with E-state index in [-0.39, 0.29) is 0 Å². The van der Waals surface area contributed by atoms with Crippen LogP contribution in [0.15, 0.2) is 0 Å². The van der Waals surface area contributed by atoms with Gasteiger partial charge in [0.05, 0.1) is 25.9 Å². The molecule has 0 aromatic rings. The van der Waals surface area contributed by atoms with Gasteiger partial charge in [0.1, 0.15) is 0 Å². The van der Waals surface area contributed by atoms with Crippen molar-refractivity contribution in [2.75, 3.05) is 52.5 Å². The highest BCUT2D eigenvalue weighted by Crippen LogP contribution is 2.19. The number of rotatable bonds is 8. The first-order valence-electron chi connectivity index (χ1n) is 8.51. The molecule has 2 fully saturated rings. The summed E-state index contributed by atoms with van der Waals surface area (Å²) in [5.74, 6) is 0.963. The molecule has 0 spiro atoms. The van der Waals surface area contributed by atoms with Crippen LogP contribution in [0.4, 0.5) is 0 Å². The highest BCUT2D eigenvalue weighted by atomic mass is 16.5.